The van der Waals surface area contributed by atoms with Crippen molar-refractivity contribution in [3.05, 3.63) is 83.1 Å². The van der Waals surface area contributed by atoms with Gasteiger partial charge in [0.15, 0.2) is 0 Å². The summed E-state index contributed by atoms with van der Waals surface area (Å²) in [5, 5.41) is 26.1. The van der Waals surface area contributed by atoms with E-state index in [0.29, 0.717) is 15.4 Å². The molecule has 3 rings (SSSR count). The molecule has 1 aromatic heterocycles. The Hall–Kier alpha value is -3.63. The number of carbonyl (C=O) groups excluding carboxylic acids is 2. The van der Waals surface area contributed by atoms with Gasteiger partial charge in [-0.2, -0.15) is 0 Å². The molecule has 2 amide bonds. The van der Waals surface area contributed by atoms with E-state index in [-0.39, 0.29) is 21.9 Å². The van der Waals surface area contributed by atoms with Crippen LogP contribution in [0.3, 0.4) is 0 Å². The number of anilines is 1. The van der Waals surface area contributed by atoms with Crippen molar-refractivity contribution in [1.29, 1.82) is 0 Å². The van der Waals surface area contributed by atoms with E-state index in [1.54, 1.807) is 0 Å². The minimum Gasteiger partial charge on any atom is -0.539 e. The molecular formula is C20H16ClN3O6S. The third-order valence-corrected chi connectivity index (χ3v) is 6.27. The Labute approximate surface area is 182 Å². The van der Waals surface area contributed by atoms with Gasteiger partial charge in [0.05, 0.1) is 16.3 Å². The molecule has 3 aromatic rings. The van der Waals surface area contributed by atoms with E-state index in [9.17, 15) is 28.3 Å². The first-order valence-corrected chi connectivity index (χ1v) is 10.6. The number of urea groups is 1. The number of nitrogens with one attached hydrogen (secondary N) is 2. The second-order valence-electron chi connectivity index (χ2n) is 6.30. The highest BCUT2D eigenvalue weighted by Crippen LogP contribution is 2.23. The number of amides is 2. The molecule has 0 aliphatic rings. The van der Waals surface area contributed by atoms with Crippen molar-refractivity contribution in [3.8, 4) is 0 Å². The Kier molecular flexibility index (Phi) is 6.42. The van der Waals surface area contributed by atoms with Gasteiger partial charge in [-0.25, -0.2) is 13.2 Å². The highest BCUT2D eigenvalue weighted by molar-refractivity contribution is 7.91. The van der Waals surface area contributed by atoms with Crippen LogP contribution in [0.5, 0.6) is 0 Å². The van der Waals surface area contributed by atoms with Crippen LogP contribution >= 0.6 is 11.6 Å². The lowest BCUT2D eigenvalue weighted by atomic mass is 10.2. The zero-order valence-corrected chi connectivity index (χ0v) is 17.4. The molecule has 0 aliphatic heterocycles. The Morgan fingerprint density at radius 2 is 1.58 bits per heavy atom. The lowest BCUT2D eigenvalue weighted by Gasteiger charge is -2.10. The van der Waals surface area contributed by atoms with Crippen LogP contribution in [-0.4, -0.2) is 25.6 Å². The molecule has 9 nitrogen and oxygen atoms in total. The second-order valence-corrected chi connectivity index (χ2v) is 8.69. The Balaban J connectivity index is 1.66. The summed E-state index contributed by atoms with van der Waals surface area (Å²) in [4.78, 5) is 23.4. The molecule has 0 spiro atoms. The number of halogens is 1. The number of aromatic nitrogens is 1. The maximum Gasteiger partial charge on any atom is 0.319 e. The van der Waals surface area contributed by atoms with E-state index in [0.717, 1.165) is 6.20 Å². The average Bonchev–Trinajstić information content (AvgIpc) is 2.72. The zero-order valence-electron chi connectivity index (χ0n) is 15.8. The standard InChI is InChI=1S/C20H16ClN3O6S/c21-14-3-7-16(8-4-14)31(29,30)17-9-5-15(6-10-17)23-20(27)22-12-13-2-1-11-24(28)18(13)19(25)26/h1-11H,12H2,(H3-,22,23,25,26,27,28). The van der Waals surface area contributed by atoms with Crippen molar-refractivity contribution in [2.75, 3.05) is 5.32 Å². The summed E-state index contributed by atoms with van der Waals surface area (Å²) in [5.74, 6) is -1.60. The van der Waals surface area contributed by atoms with Crippen LogP contribution in [0.2, 0.25) is 5.02 Å². The van der Waals surface area contributed by atoms with Gasteiger partial charge in [0, 0.05) is 27.1 Å². The molecule has 160 valence electrons. The molecule has 3 N–H and O–H groups in total. The van der Waals surface area contributed by atoms with Crippen molar-refractivity contribution in [3.63, 3.8) is 0 Å². The topological polar surface area (TPSA) is 140 Å². The lowest BCUT2D eigenvalue weighted by molar-refractivity contribution is -0.907. The summed E-state index contributed by atoms with van der Waals surface area (Å²) in [5.41, 5.74) is -0.0397. The van der Waals surface area contributed by atoms with Crippen molar-refractivity contribution in [2.45, 2.75) is 16.3 Å². The SMILES string of the molecule is O=C(NCc1ccc[n+](O)c1C(=O)[O-])Nc1ccc(S(=O)(=O)c2ccc(Cl)cc2)cc1. The summed E-state index contributed by atoms with van der Waals surface area (Å²) in [7, 11) is -3.74. The number of hydrogen-bond acceptors (Lipinski definition) is 6. The molecule has 0 saturated carbocycles. The number of sulfone groups is 1. The van der Waals surface area contributed by atoms with Gasteiger partial charge in [-0.1, -0.05) is 11.6 Å². The molecule has 2 aromatic carbocycles. The zero-order chi connectivity index (χ0) is 22.6. The van der Waals surface area contributed by atoms with Gasteiger partial charge in [-0.05, 0) is 54.6 Å². The number of carbonyl (C=O) groups is 2. The van der Waals surface area contributed by atoms with Gasteiger partial charge in [0.2, 0.25) is 16.0 Å². The number of carboxylic acids is 1. The van der Waals surface area contributed by atoms with E-state index >= 15 is 0 Å². The molecule has 0 aliphatic carbocycles. The van der Waals surface area contributed by atoms with Crippen LogP contribution in [0.25, 0.3) is 0 Å². The fraction of sp³-hybridized carbons (Fsp3) is 0.0500. The lowest BCUT2D eigenvalue weighted by Crippen LogP contribution is -2.44. The molecule has 1 heterocycles. The van der Waals surface area contributed by atoms with E-state index in [1.807, 2.05) is 0 Å². The van der Waals surface area contributed by atoms with Crippen LogP contribution < -0.4 is 20.5 Å². The van der Waals surface area contributed by atoms with Crippen LogP contribution in [0.15, 0.2) is 76.7 Å². The average molecular weight is 462 g/mol. The monoisotopic (exact) mass is 461 g/mol. The predicted molar refractivity (Wildman–Crippen MR) is 107 cm³/mol. The van der Waals surface area contributed by atoms with Crippen LogP contribution in [-0.2, 0) is 16.4 Å². The van der Waals surface area contributed by atoms with Crippen LogP contribution in [0.1, 0.15) is 16.1 Å². The minimum atomic E-state index is -3.74. The summed E-state index contributed by atoms with van der Waals surface area (Å²) >= 11 is 5.79. The van der Waals surface area contributed by atoms with Crippen molar-refractivity contribution in [2.24, 2.45) is 0 Å². The number of benzene rings is 2. The van der Waals surface area contributed by atoms with E-state index in [4.69, 9.17) is 11.6 Å². The fourth-order valence-corrected chi connectivity index (χ4v) is 4.11. The third kappa shape index (κ3) is 5.11. The number of nitrogens with zero attached hydrogens (tertiary/aromatic N) is 1. The van der Waals surface area contributed by atoms with Gasteiger partial charge < -0.3 is 20.5 Å². The quantitative estimate of drug-likeness (QED) is 0.374. The summed E-state index contributed by atoms with van der Waals surface area (Å²) in [6.07, 6.45) is 1.12. The normalized spacial score (nSPS) is 11.0. The van der Waals surface area contributed by atoms with Gasteiger partial charge >= 0.3 is 6.03 Å². The van der Waals surface area contributed by atoms with Gasteiger partial charge in [0.25, 0.3) is 5.69 Å². The van der Waals surface area contributed by atoms with Crippen LogP contribution in [0, 0.1) is 0 Å². The highest BCUT2D eigenvalue weighted by atomic mass is 35.5. The first kappa shape index (κ1) is 22.1. The first-order chi connectivity index (χ1) is 14.7. The summed E-state index contributed by atoms with van der Waals surface area (Å²) < 4.78 is 25.7. The third-order valence-electron chi connectivity index (χ3n) is 4.24. The Morgan fingerprint density at radius 3 is 2.16 bits per heavy atom. The number of aromatic carboxylic acids is 1. The largest absolute Gasteiger partial charge is 0.539 e. The smallest absolute Gasteiger partial charge is 0.319 e. The van der Waals surface area contributed by atoms with Crippen molar-refractivity contribution >= 4 is 39.1 Å². The number of rotatable bonds is 6. The van der Waals surface area contributed by atoms with E-state index in [1.165, 1.54) is 60.7 Å². The molecule has 0 radical (unpaired) electrons. The molecule has 0 fully saturated rings. The highest BCUT2D eigenvalue weighted by Gasteiger charge is 2.19. The van der Waals surface area contributed by atoms with Crippen molar-refractivity contribution in [1.82, 2.24) is 5.32 Å². The number of hydrogen-bond donors (Lipinski definition) is 3. The molecule has 0 atom stereocenters. The summed E-state index contributed by atoms with van der Waals surface area (Å²) in [6, 6.07) is 13.4. The summed E-state index contributed by atoms with van der Waals surface area (Å²) in [6.45, 7) is -0.195. The van der Waals surface area contributed by atoms with Crippen molar-refractivity contribution < 1.29 is 33.1 Å². The first-order valence-electron chi connectivity index (χ1n) is 8.78. The fourth-order valence-electron chi connectivity index (χ4n) is 2.73. The molecular weight excluding hydrogens is 446 g/mol. The minimum absolute atomic E-state index is 0.0381. The molecule has 0 bridgehead atoms. The van der Waals surface area contributed by atoms with Gasteiger partial charge in [-0.15, -0.1) is 0 Å². The maximum atomic E-state index is 12.6. The van der Waals surface area contributed by atoms with Crippen LogP contribution in [0.4, 0.5) is 10.5 Å². The second kappa shape index (κ2) is 9.02. The van der Waals surface area contributed by atoms with Gasteiger partial charge in [-0.3, -0.25) is 5.21 Å². The maximum absolute atomic E-state index is 12.6. The molecule has 0 unspecified atom stereocenters. The molecule has 11 heteroatoms. The molecule has 31 heavy (non-hydrogen) atoms. The Morgan fingerprint density at radius 1 is 1.00 bits per heavy atom. The Bertz CT molecular complexity index is 1230. The number of pyridine rings is 1. The molecule has 0 saturated heterocycles. The predicted octanol–water partition coefficient (Wildman–Crippen LogP) is 1.38. The van der Waals surface area contributed by atoms with Gasteiger partial charge in [0.1, 0.15) is 5.97 Å². The van der Waals surface area contributed by atoms with E-state index in [2.05, 4.69) is 10.6 Å². The van der Waals surface area contributed by atoms with E-state index < -0.39 is 27.5 Å². The number of carboxylic acid groups (broad SMARTS) is 1.